The van der Waals surface area contributed by atoms with E-state index in [0.29, 0.717) is 6.54 Å². The summed E-state index contributed by atoms with van der Waals surface area (Å²) in [6.07, 6.45) is 0.860. The lowest BCUT2D eigenvalue weighted by atomic mass is 10.1. The molecule has 0 heterocycles. The lowest BCUT2D eigenvalue weighted by molar-refractivity contribution is 0.0527. The maximum absolute atomic E-state index is 13.5. The van der Waals surface area contributed by atoms with Crippen molar-refractivity contribution in [3.05, 3.63) is 23.5 Å². The van der Waals surface area contributed by atoms with Crippen LogP contribution in [-0.2, 0) is 4.74 Å². The van der Waals surface area contributed by atoms with Crippen LogP contribution >= 0.6 is 0 Å². The first kappa shape index (κ1) is 13.3. The van der Waals surface area contributed by atoms with Gasteiger partial charge in [-0.2, -0.15) is 0 Å². The number of esters is 1. The number of nitrogens with one attached hydrogen (secondary N) is 1. The normalized spacial score (nSPS) is 10.1. The van der Waals surface area contributed by atoms with Gasteiger partial charge in [-0.25, -0.2) is 9.18 Å². The largest absolute Gasteiger partial charge is 0.462 e. The lowest BCUT2D eigenvalue weighted by Crippen LogP contribution is -2.10. The van der Waals surface area contributed by atoms with E-state index in [2.05, 4.69) is 5.32 Å². The van der Waals surface area contributed by atoms with E-state index in [1.54, 1.807) is 6.92 Å². The minimum atomic E-state index is -0.537. The molecule has 0 saturated carbocycles. The van der Waals surface area contributed by atoms with Crippen molar-refractivity contribution in [1.82, 2.24) is 0 Å². The van der Waals surface area contributed by atoms with Crippen molar-refractivity contribution in [3.63, 3.8) is 0 Å². The first-order valence-electron chi connectivity index (χ1n) is 5.60. The molecule has 1 rings (SSSR count). The summed E-state index contributed by atoms with van der Waals surface area (Å²) in [5, 5.41) is 2.89. The molecular formula is C12H17FN2O2. The Morgan fingerprint density at radius 2 is 2.18 bits per heavy atom. The van der Waals surface area contributed by atoms with Crippen molar-refractivity contribution in [3.8, 4) is 0 Å². The molecule has 0 amide bonds. The number of nitrogen functional groups attached to an aromatic ring is 1. The summed E-state index contributed by atoms with van der Waals surface area (Å²) in [6.45, 7) is 4.55. The highest BCUT2D eigenvalue weighted by Crippen LogP contribution is 2.23. The summed E-state index contributed by atoms with van der Waals surface area (Å²) in [5.41, 5.74) is 6.12. The van der Waals surface area contributed by atoms with Crippen molar-refractivity contribution in [1.29, 1.82) is 0 Å². The van der Waals surface area contributed by atoms with Gasteiger partial charge in [0.2, 0.25) is 0 Å². The van der Waals surface area contributed by atoms with Crippen molar-refractivity contribution >= 4 is 17.3 Å². The predicted octanol–water partition coefficient (Wildman–Crippen LogP) is 2.41. The average molecular weight is 240 g/mol. The first-order chi connectivity index (χ1) is 8.10. The molecule has 4 nitrogen and oxygen atoms in total. The first-order valence-corrected chi connectivity index (χ1v) is 5.60. The fourth-order valence-corrected chi connectivity index (χ4v) is 1.37. The van der Waals surface area contributed by atoms with Gasteiger partial charge in [-0.15, -0.1) is 0 Å². The molecule has 0 saturated heterocycles. The van der Waals surface area contributed by atoms with Crippen LogP contribution in [-0.4, -0.2) is 19.1 Å². The Balaban J connectivity index is 3.01. The molecule has 0 aliphatic carbocycles. The number of hydrogen-bond acceptors (Lipinski definition) is 4. The molecule has 0 spiro atoms. The topological polar surface area (TPSA) is 64.3 Å². The summed E-state index contributed by atoms with van der Waals surface area (Å²) >= 11 is 0. The molecule has 0 radical (unpaired) electrons. The number of anilines is 2. The fraction of sp³-hybridized carbons (Fsp3) is 0.417. The van der Waals surface area contributed by atoms with Crippen LogP contribution in [0.25, 0.3) is 0 Å². The molecular weight excluding hydrogens is 223 g/mol. The fourth-order valence-electron chi connectivity index (χ4n) is 1.37. The number of halogens is 1. The molecule has 1 aromatic rings. The van der Waals surface area contributed by atoms with Crippen LogP contribution in [0.4, 0.5) is 15.8 Å². The van der Waals surface area contributed by atoms with Gasteiger partial charge in [0.15, 0.2) is 0 Å². The highest BCUT2D eigenvalue weighted by Gasteiger charge is 2.14. The SMILES string of the molecule is CCCNc1cc(C(=O)OCC)c(N)cc1F. The maximum atomic E-state index is 13.5. The molecule has 0 bridgehead atoms. The highest BCUT2D eigenvalue weighted by atomic mass is 19.1. The van der Waals surface area contributed by atoms with Gasteiger partial charge in [0.1, 0.15) is 5.82 Å². The number of carbonyl (C=O) groups is 1. The molecule has 0 unspecified atom stereocenters. The maximum Gasteiger partial charge on any atom is 0.340 e. The summed E-state index contributed by atoms with van der Waals surface area (Å²) in [5.74, 6) is -1.01. The van der Waals surface area contributed by atoms with Crippen LogP contribution in [0.5, 0.6) is 0 Å². The number of ether oxygens (including phenoxy) is 1. The van der Waals surface area contributed by atoms with Gasteiger partial charge in [0, 0.05) is 12.2 Å². The molecule has 3 N–H and O–H groups in total. The molecule has 0 atom stereocenters. The van der Waals surface area contributed by atoms with E-state index in [1.807, 2.05) is 6.92 Å². The Labute approximate surface area is 100.0 Å². The van der Waals surface area contributed by atoms with Crippen molar-refractivity contribution in [2.24, 2.45) is 0 Å². The molecule has 1 aromatic carbocycles. The van der Waals surface area contributed by atoms with E-state index in [0.717, 1.165) is 12.5 Å². The average Bonchev–Trinajstić information content (AvgIpc) is 2.28. The quantitative estimate of drug-likeness (QED) is 0.612. The van der Waals surface area contributed by atoms with Crippen molar-refractivity contribution in [2.75, 3.05) is 24.2 Å². The zero-order chi connectivity index (χ0) is 12.8. The van der Waals surface area contributed by atoms with E-state index in [-0.39, 0.29) is 23.5 Å². The third kappa shape index (κ3) is 3.34. The summed E-state index contributed by atoms with van der Waals surface area (Å²) in [7, 11) is 0. The van der Waals surface area contributed by atoms with E-state index < -0.39 is 11.8 Å². The number of carbonyl (C=O) groups excluding carboxylic acids is 1. The lowest BCUT2D eigenvalue weighted by Gasteiger charge is -2.10. The Bertz CT molecular complexity index is 408. The van der Waals surface area contributed by atoms with Gasteiger partial charge in [-0.3, -0.25) is 0 Å². The van der Waals surface area contributed by atoms with Crippen LogP contribution in [0, 0.1) is 5.82 Å². The smallest absolute Gasteiger partial charge is 0.340 e. The second-order valence-electron chi connectivity index (χ2n) is 3.57. The summed E-state index contributed by atoms with van der Waals surface area (Å²) < 4.78 is 18.3. The second kappa shape index (κ2) is 6.08. The number of rotatable bonds is 5. The Kier molecular flexibility index (Phi) is 4.75. The highest BCUT2D eigenvalue weighted by molar-refractivity contribution is 5.96. The van der Waals surface area contributed by atoms with Gasteiger partial charge in [0.05, 0.1) is 17.9 Å². The molecule has 0 aromatic heterocycles. The minimum Gasteiger partial charge on any atom is -0.462 e. The van der Waals surface area contributed by atoms with Gasteiger partial charge >= 0.3 is 5.97 Å². The van der Waals surface area contributed by atoms with Gasteiger partial charge < -0.3 is 15.8 Å². The Hall–Kier alpha value is -1.78. The third-order valence-electron chi connectivity index (χ3n) is 2.20. The van der Waals surface area contributed by atoms with E-state index in [1.165, 1.54) is 6.07 Å². The van der Waals surface area contributed by atoms with Crippen molar-refractivity contribution < 1.29 is 13.9 Å². The third-order valence-corrected chi connectivity index (χ3v) is 2.20. The van der Waals surface area contributed by atoms with E-state index >= 15 is 0 Å². The van der Waals surface area contributed by atoms with Gasteiger partial charge in [-0.05, 0) is 25.5 Å². The van der Waals surface area contributed by atoms with E-state index in [9.17, 15) is 9.18 Å². The summed E-state index contributed by atoms with van der Waals surface area (Å²) in [4.78, 5) is 11.6. The van der Waals surface area contributed by atoms with Gasteiger partial charge in [-0.1, -0.05) is 6.92 Å². The van der Waals surface area contributed by atoms with Crippen LogP contribution in [0.3, 0.4) is 0 Å². The molecule has 94 valence electrons. The monoisotopic (exact) mass is 240 g/mol. The molecule has 0 aliphatic heterocycles. The van der Waals surface area contributed by atoms with Crippen LogP contribution < -0.4 is 11.1 Å². The van der Waals surface area contributed by atoms with Crippen LogP contribution in [0.15, 0.2) is 12.1 Å². The Morgan fingerprint density at radius 1 is 1.47 bits per heavy atom. The number of hydrogen-bond donors (Lipinski definition) is 2. The predicted molar refractivity (Wildman–Crippen MR) is 65.5 cm³/mol. The summed E-state index contributed by atoms with van der Waals surface area (Å²) in [6, 6.07) is 2.52. The van der Waals surface area contributed by atoms with Crippen molar-refractivity contribution in [2.45, 2.75) is 20.3 Å². The zero-order valence-corrected chi connectivity index (χ0v) is 10.0. The van der Waals surface area contributed by atoms with E-state index in [4.69, 9.17) is 10.5 Å². The number of nitrogens with two attached hydrogens (primary N) is 1. The zero-order valence-electron chi connectivity index (χ0n) is 10.0. The molecule has 0 aliphatic rings. The molecule has 5 heteroatoms. The molecule has 17 heavy (non-hydrogen) atoms. The minimum absolute atomic E-state index is 0.0861. The standard InChI is InChI=1S/C12H17FN2O2/c1-3-5-15-11-6-8(12(16)17-4-2)10(14)7-9(11)13/h6-7,15H,3-5,14H2,1-2H3. The number of benzene rings is 1. The van der Waals surface area contributed by atoms with Crippen LogP contribution in [0.2, 0.25) is 0 Å². The van der Waals surface area contributed by atoms with Gasteiger partial charge in [0.25, 0.3) is 0 Å². The molecule has 0 fully saturated rings. The van der Waals surface area contributed by atoms with Crippen LogP contribution in [0.1, 0.15) is 30.6 Å². The second-order valence-corrected chi connectivity index (χ2v) is 3.57. The Morgan fingerprint density at radius 3 is 2.76 bits per heavy atom.